The summed E-state index contributed by atoms with van der Waals surface area (Å²) in [7, 11) is 0. The Morgan fingerprint density at radius 3 is 1.37 bits per heavy atom. The molecule has 4 aromatic carbocycles. The van der Waals surface area contributed by atoms with Gasteiger partial charge in [0.15, 0.2) is 0 Å². The molecule has 0 fully saturated rings. The molecule has 0 nitrogen and oxygen atoms in total. The summed E-state index contributed by atoms with van der Waals surface area (Å²) in [4.78, 5) is 0. The second-order valence-corrected chi connectivity index (χ2v) is 20.7. The minimum absolute atomic E-state index is 0.656. The fourth-order valence-corrected chi connectivity index (χ4v) is 20.0. The molecular formula is C34H31Hf. The van der Waals surface area contributed by atoms with Gasteiger partial charge in [-0.15, -0.1) is 0 Å². The van der Waals surface area contributed by atoms with Crippen LogP contribution in [0.2, 0.25) is 4.18 Å². The van der Waals surface area contributed by atoms with Gasteiger partial charge in [-0.05, 0) is 0 Å². The third kappa shape index (κ3) is 3.85. The standard InChI is InChI=1S/2C16H13.C2H5.Hf/c2*1-12-10-14-8-5-9-15(16(14)11-12)13-6-3-2-4-7-13;1-2;/h2*2-11H,1H3;1H2,2H3;. The minimum atomic E-state index is -2.24. The van der Waals surface area contributed by atoms with Crippen LogP contribution in [-0.4, -0.2) is 0 Å². The fraction of sp³-hybridized carbons (Fsp3) is 0.176. The van der Waals surface area contributed by atoms with Crippen molar-refractivity contribution < 1.29 is 21.4 Å². The molecule has 2 atom stereocenters. The van der Waals surface area contributed by atoms with Gasteiger partial charge in [-0.3, -0.25) is 0 Å². The number of hydrogen-bond donors (Lipinski definition) is 0. The van der Waals surface area contributed by atoms with Crippen LogP contribution in [0, 0.1) is 0 Å². The zero-order chi connectivity index (χ0) is 23.9. The molecule has 4 aromatic rings. The second-order valence-electron chi connectivity index (χ2n) is 9.92. The molecule has 35 heavy (non-hydrogen) atoms. The number of benzene rings is 4. The van der Waals surface area contributed by atoms with Crippen LogP contribution in [-0.2, 0) is 21.4 Å². The van der Waals surface area contributed by atoms with E-state index in [2.05, 4.69) is 130 Å². The third-order valence-corrected chi connectivity index (χ3v) is 21.6. The molecule has 2 unspecified atom stereocenters. The van der Waals surface area contributed by atoms with Crippen molar-refractivity contribution in [3.63, 3.8) is 0 Å². The zero-order valence-electron chi connectivity index (χ0n) is 20.8. The Morgan fingerprint density at radius 1 is 0.543 bits per heavy atom. The molecule has 0 N–H and O–H groups in total. The van der Waals surface area contributed by atoms with E-state index in [9.17, 15) is 0 Å². The SMILES string of the molecule is C[CH2][Hf]([CH]1C(C)=Cc2c(-c3ccccc3)cccc21)[CH]1C(C)=Cc2c(-c3ccccc3)cccc21. The van der Waals surface area contributed by atoms with E-state index in [0.29, 0.717) is 7.35 Å². The van der Waals surface area contributed by atoms with Crippen LogP contribution in [0.3, 0.4) is 0 Å². The van der Waals surface area contributed by atoms with Crippen LogP contribution in [0.1, 0.15) is 50.4 Å². The molecule has 0 heterocycles. The van der Waals surface area contributed by atoms with E-state index in [-0.39, 0.29) is 0 Å². The summed E-state index contributed by atoms with van der Waals surface area (Å²) in [5.41, 5.74) is 14.7. The second kappa shape index (κ2) is 9.36. The molecule has 2 aliphatic carbocycles. The van der Waals surface area contributed by atoms with E-state index in [1.54, 1.807) is 22.3 Å². The quantitative estimate of drug-likeness (QED) is 0.196. The summed E-state index contributed by atoms with van der Waals surface area (Å²) >= 11 is -2.24. The van der Waals surface area contributed by atoms with Gasteiger partial charge in [0.05, 0.1) is 0 Å². The molecule has 2 aliphatic rings. The first-order valence-corrected chi connectivity index (χ1v) is 19.4. The van der Waals surface area contributed by atoms with E-state index < -0.39 is 21.4 Å². The molecule has 0 bridgehead atoms. The summed E-state index contributed by atoms with van der Waals surface area (Å²) in [6, 6.07) is 35.9. The van der Waals surface area contributed by atoms with Crippen molar-refractivity contribution in [3.05, 3.63) is 130 Å². The van der Waals surface area contributed by atoms with Crippen LogP contribution >= 0.6 is 0 Å². The molecule has 0 saturated carbocycles. The van der Waals surface area contributed by atoms with E-state index in [0.717, 1.165) is 0 Å². The topological polar surface area (TPSA) is 0 Å². The average Bonchev–Trinajstić information content (AvgIpc) is 3.42. The van der Waals surface area contributed by atoms with Gasteiger partial charge in [-0.2, -0.15) is 0 Å². The van der Waals surface area contributed by atoms with Gasteiger partial charge in [0, 0.05) is 0 Å². The van der Waals surface area contributed by atoms with E-state index in [1.807, 2.05) is 0 Å². The van der Waals surface area contributed by atoms with Crippen molar-refractivity contribution >= 4 is 12.2 Å². The predicted molar refractivity (Wildman–Crippen MR) is 147 cm³/mol. The first-order chi connectivity index (χ1) is 17.2. The Labute approximate surface area is 217 Å². The van der Waals surface area contributed by atoms with Crippen LogP contribution in [0.4, 0.5) is 0 Å². The van der Waals surface area contributed by atoms with Crippen LogP contribution < -0.4 is 0 Å². The van der Waals surface area contributed by atoms with Gasteiger partial charge >= 0.3 is 219 Å². The Kier molecular flexibility index (Phi) is 6.06. The molecule has 1 heteroatoms. The van der Waals surface area contributed by atoms with Gasteiger partial charge < -0.3 is 0 Å². The summed E-state index contributed by atoms with van der Waals surface area (Å²) in [6.07, 6.45) is 5.02. The number of hydrogen-bond acceptors (Lipinski definition) is 0. The average molecular weight is 618 g/mol. The van der Waals surface area contributed by atoms with Crippen molar-refractivity contribution in [1.29, 1.82) is 0 Å². The fourth-order valence-electron chi connectivity index (χ4n) is 6.40. The van der Waals surface area contributed by atoms with Gasteiger partial charge in [0.1, 0.15) is 0 Å². The normalized spacial score (nSPS) is 18.0. The Morgan fingerprint density at radius 2 is 0.971 bits per heavy atom. The van der Waals surface area contributed by atoms with Crippen LogP contribution in [0.15, 0.2) is 108 Å². The summed E-state index contributed by atoms with van der Waals surface area (Å²) in [5, 5.41) is 0. The Bertz CT molecular complexity index is 1330. The van der Waals surface area contributed by atoms with Crippen molar-refractivity contribution in [2.24, 2.45) is 0 Å². The molecule has 6 rings (SSSR count). The molecule has 0 spiro atoms. The molecular weight excluding hydrogens is 587 g/mol. The van der Waals surface area contributed by atoms with E-state index in [4.69, 9.17) is 0 Å². The monoisotopic (exact) mass is 619 g/mol. The molecule has 0 aromatic heterocycles. The maximum absolute atomic E-state index is 2.51. The van der Waals surface area contributed by atoms with Gasteiger partial charge in [0.25, 0.3) is 0 Å². The predicted octanol–water partition coefficient (Wildman–Crippen LogP) is 9.69. The first-order valence-electron chi connectivity index (χ1n) is 12.8. The Hall–Kier alpha value is -2.77. The number of rotatable bonds is 5. The van der Waals surface area contributed by atoms with Gasteiger partial charge in [-0.1, -0.05) is 0 Å². The number of allylic oxidation sites excluding steroid dienone is 2. The van der Waals surface area contributed by atoms with E-state index in [1.165, 1.54) is 37.6 Å². The summed E-state index contributed by atoms with van der Waals surface area (Å²) < 4.78 is 2.67. The molecule has 0 saturated heterocycles. The molecule has 171 valence electrons. The van der Waals surface area contributed by atoms with Crippen molar-refractivity contribution in [2.45, 2.75) is 32.3 Å². The van der Waals surface area contributed by atoms with Crippen molar-refractivity contribution in [1.82, 2.24) is 0 Å². The zero-order valence-corrected chi connectivity index (χ0v) is 24.3. The first kappa shape index (κ1) is 22.7. The summed E-state index contributed by atoms with van der Waals surface area (Å²) in [5.74, 6) is 0. The summed E-state index contributed by atoms with van der Waals surface area (Å²) in [6.45, 7) is 7.27. The van der Waals surface area contributed by atoms with Gasteiger partial charge in [-0.25, -0.2) is 0 Å². The third-order valence-electron chi connectivity index (χ3n) is 7.88. The van der Waals surface area contributed by atoms with Crippen LogP contribution in [0.25, 0.3) is 34.4 Å². The Balaban J connectivity index is 1.44. The van der Waals surface area contributed by atoms with Crippen LogP contribution in [0.5, 0.6) is 0 Å². The molecule has 0 amide bonds. The van der Waals surface area contributed by atoms with Crippen molar-refractivity contribution in [2.75, 3.05) is 0 Å². The van der Waals surface area contributed by atoms with E-state index >= 15 is 0 Å². The molecule has 0 radical (unpaired) electrons. The maximum atomic E-state index is 2.51. The number of fused-ring (bicyclic) bond motifs is 2. The van der Waals surface area contributed by atoms with Crippen molar-refractivity contribution in [3.8, 4) is 22.3 Å². The molecule has 0 aliphatic heterocycles. The van der Waals surface area contributed by atoms with Gasteiger partial charge in [0.2, 0.25) is 0 Å².